The van der Waals surface area contributed by atoms with Gasteiger partial charge in [0.1, 0.15) is 29.0 Å². The van der Waals surface area contributed by atoms with Gasteiger partial charge < -0.3 is 19.7 Å². The third kappa shape index (κ3) is 3.50. The van der Waals surface area contributed by atoms with E-state index in [1.807, 2.05) is 4.90 Å². The van der Waals surface area contributed by atoms with Crippen LogP contribution in [0.15, 0.2) is 35.1 Å². The van der Waals surface area contributed by atoms with Crippen molar-refractivity contribution in [1.82, 2.24) is 24.6 Å². The molecule has 0 saturated heterocycles. The second-order valence-corrected chi connectivity index (χ2v) is 9.94. The molecule has 1 fully saturated rings. The number of hydrogen-bond donors (Lipinski definition) is 1. The van der Waals surface area contributed by atoms with Crippen molar-refractivity contribution in [2.24, 2.45) is 0 Å². The smallest absolute Gasteiger partial charge is 0.260 e. The highest BCUT2D eigenvalue weighted by atomic mass is 16.5. The van der Waals surface area contributed by atoms with Crippen LogP contribution in [0.5, 0.6) is 0 Å². The van der Waals surface area contributed by atoms with Gasteiger partial charge in [0.05, 0.1) is 11.9 Å². The standard InChI is InChI=1S/C27H30N6O2/c1-4-16-6-5-7-17(12-16)10-11-32-13-19-20(21-25(28)29-14-30-26(21)33(19)15(2)3)23-22(27(32)34)24(35-31-23)18-8-9-18/h5-7,12,14-15,18H,4,8-11,13H2,1-3H3,(H2,28,29,30). The van der Waals surface area contributed by atoms with Gasteiger partial charge in [-0.15, -0.1) is 0 Å². The van der Waals surface area contributed by atoms with Gasteiger partial charge in [-0.25, -0.2) is 9.97 Å². The minimum atomic E-state index is -0.0233. The van der Waals surface area contributed by atoms with Gasteiger partial charge >= 0.3 is 0 Å². The van der Waals surface area contributed by atoms with Gasteiger partial charge in [-0.3, -0.25) is 4.79 Å². The molecule has 6 rings (SSSR count). The van der Waals surface area contributed by atoms with E-state index in [1.54, 1.807) is 0 Å². The zero-order chi connectivity index (χ0) is 24.3. The molecular weight excluding hydrogens is 440 g/mol. The fraction of sp³-hybridized carbons (Fsp3) is 0.407. The highest BCUT2D eigenvalue weighted by Gasteiger charge is 2.41. The maximum Gasteiger partial charge on any atom is 0.260 e. The number of aryl methyl sites for hydroxylation is 1. The highest BCUT2D eigenvalue weighted by Crippen LogP contribution is 2.48. The van der Waals surface area contributed by atoms with E-state index in [4.69, 9.17) is 10.3 Å². The molecule has 35 heavy (non-hydrogen) atoms. The quantitative estimate of drug-likeness (QED) is 0.430. The normalized spacial score (nSPS) is 15.5. The molecule has 8 nitrogen and oxygen atoms in total. The lowest BCUT2D eigenvalue weighted by molar-refractivity contribution is 0.0742. The van der Waals surface area contributed by atoms with E-state index < -0.39 is 0 Å². The Balaban J connectivity index is 1.51. The molecule has 2 aliphatic rings. The number of aromatic nitrogens is 4. The molecule has 180 valence electrons. The fourth-order valence-corrected chi connectivity index (χ4v) is 5.34. The van der Waals surface area contributed by atoms with Gasteiger partial charge in [0.15, 0.2) is 5.76 Å². The number of nitrogen functional groups attached to an aromatic ring is 1. The number of nitrogens with zero attached hydrogens (tertiary/aromatic N) is 5. The third-order valence-electron chi connectivity index (χ3n) is 7.25. The first-order valence-electron chi connectivity index (χ1n) is 12.5. The number of anilines is 1. The summed E-state index contributed by atoms with van der Waals surface area (Å²) in [5, 5.41) is 5.21. The Morgan fingerprint density at radius 2 is 1.97 bits per heavy atom. The monoisotopic (exact) mass is 470 g/mol. The summed E-state index contributed by atoms with van der Waals surface area (Å²) in [5.41, 5.74) is 12.7. The second-order valence-electron chi connectivity index (χ2n) is 9.94. The lowest BCUT2D eigenvalue weighted by Crippen LogP contribution is -2.33. The second kappa shape index (κ2) is 8.22. The first-order valence-corrected chi connectivity index (χ1v) is 12.5. The summed E-state index contributed by atoms with van der Waals surface area (Å²) in [6, 6.07) is 8.72. The lowest BCUT2D eigenvalue weighted by atomic mass is 10.0. The van der Waals surface area contributed by atoms with Crippen LogP contribution in [0.4, 0.5) is 5.82 Å². The molecule has 1 aliphatic carbocycles. The Labute approximate surface area is 204 Å². The zero-order valence-corrected chi connectivity index (χ0v) is 20.4. The summed E-state index contributed by atoms with van der Waals surface area (Å²) in [5.74, 6) is 1.33. The van der Waals surface area contributed by atoms with Crippen LogP contribution < -0.4 is 5.73 Å². The van der Waals surface area contributed by atoms with Crippen LogP contribution >= 0.6 is 0 Å². The number of carbonyl (C=O) groups is 1. The molecule has 0 unspecified atom stereocenters. The van der Waals surface area contributed by atoms with E-state index in [0.29, 0.717) is 35.9 Å². The summed E-state index contributed by atoms with van der Waals surface area (Å²) in [4.78, 5) is 24.8. The average Bonchev–Trinajstić information content (AvgIpc) is 3.53. The highest BCUT2D eigenvalue weighted by molar-refractivity contribution is 6.09. The van der Waals surface area contributed by atoms with E-state index in [2.05, 4.69) is 64.7 Å². The predicted molar refractivity (Wildman–Crippen MR) is 134 cm³/mol. The molecule has 0 bridgehead atoms. The molecule has 0 atom stereocenters. The summed E-state index contributed by atoms with van der Waals surface area (Å²) in [6.45, 7) is 7.44. The van der Waals surface area contributed by atoms with Crippen molar-refractivity contribution in [1.29, 1.82) is 0 Å². The van der Waals surface area contributed by atoms with Gasteiger partial charge in [0.2, 0.25) is 0 Å². The number of nitrogens with two attached hydrogens (primary N) is 1. The van der Waals surface area contributed by atoms with Crippen molar-refractivity contribution in [3.8, 4) is 11.3 Å². The van der Waals surface area contributed by atoms with Gasteiger partial charge in [-0.1, -0.05) is 36.3 Å². The van der Waals surface area contributed by atoms with Crippen LogP contribution in [-0.2, 0) is 19.4 Å². The van der Waals surface area contributed by atoms with Gasteiger partial charge in [0.25, 0.3) is 5.91 Å². The summed E-state index contributed by atoms with van der Waals surface area (Å²) < 4.78 is 8.00. The molecule has 2 N–H and O–H groups in total. The van der Waals surface area contributed by atoms with Crippen LogP contribution in [0.1, 0.15) is 78.5 Å². The van der Waals surface area contributed by atoms with Gasteiger partial charge in [-0.2, -0.15) is 0 Å². The van der Waals surface area contributed by atoms with Crippen molar-refractivity contribution < 1.29 is 9.32 Å². The zero-order valence-electron chi connectivity index (χ0n) is 20.4. The van der Waals surface area contributed by atoms with E-state index in [1.165, 1.54) is 17.5 Å². The average molecular weight is 471 g/mol. The van der Waals surface area contributed by atoms with E-state index in [0.717, 1.165) is 48.0 Å². The number of carbonyl (C=O) groups excluding carboxylic acids is 1. The maximum absolute atomic E-state index is 14.0. The molecule has 0 spiro atoms. The molecule has 4 aromatic rings. The van der Waals surface area contributed by atoms with Crippen LogP contribution in [-0.4, -0.2) is 37.0 Å². The maximum atomic E-state index is 14.0. The van der Waals surface area contributed by atoms with Crippen LogP contribution in [0.2, 0.25) is 0 Å². The Hall–Kier alpha value is -3.68. The lowest BCUT2D eigenvalue weighted by Gasteiger charge is -2.23. The number of benzene rings is 1. The molecule has 1 amide bonds. The summed E-state index contributed by atoms with van der Waals surface area (Å²) in [6.07, 6.45) is 5.30. The van der Waals surface area contributed by atoms with E-state index in [9.17, 15) is 4.79 Å². The van der Waals surface area contributed by atoms with Crippen molar-refractivity contribution in [3.63, 3.8) is 0 Å². The van der Waals surface area contributed by atoms with E-state index >= 15 is 0 Å². The van der Waals surface area contributed by atoms with Gasteiger partial charge in [0, 0.05) is 29.8 Å². The van der Waals surface area contributed by atoms with E-state index in [-0.39, 0.29) is 17.9 Å². The van der Waals surface area contributed by atoms with Crippen LogP contribution in [0, 0.1) is 0 Å². The Bertz CT molecular complexity index is 1450. The summed E-state index contributed by atoms with van der Waals surface area (Å²) >= 11 is 0. The minimum Gasteiger partial charge on any atom is -0.383 e. The molecule has 8 heteroatoms. The van der Waals surface area contributed by atoms with Crippen LogP contribution in [0.3, 0.4) is 0 Å². The number of amides is 1. The minimum absolute atomic E-state index is 0.0233. The number of rotatable bonds is 6. The molecule has 0 radical (unpaired) electrons. The Morgan fingerprint density at radius 3 is 2.71 bits per heavy atom. The van der Waals surface area contributed by atoms with Gasteiger partial charge in [-0.05, 0) is 50.7 Å². The number of fused-ring (bicyclic) bond motifs is 5. The molecule has 4 heterocycles. The Kier molecular flexibility index (Phi) is 5.12. The molecule has 3 aromatic heterocycles. The van der Waals surface area contributed by atoms with Crippen molar-refractivity contribution in [2.75, 3.05) is 12.3 Å². The largest absolute Gasteiger partial charge is 0.383 e. The predicted octanol–water partition coefficient (Wildman–Crippen LogP) is 4.89. The molecule has 1 saturated carbocycles. The van der Waals surface area contributed by atoms with Crippen molar-refractivity contribution in [3.05, 3.63) is 58.7 Å². The number of hydrogen-bond acceptors (Lipinski definition) is 6. The molecule has 1 aliphatic heterocycles. The Morgan fingerprint density at radius 1 is 1.17 bits per heavy atom. The molecular formula is C27H30N6O2. The fourth-order valence-electron chi connectivity index (χ4n) is 5.34. The molecule has 1 aromatic carbocycles. The van der Waals surface area contributed by atoms with Crippen LogP contribution in [0.25, 0.3) is 22.3 Å². The van der Waals surface area contributed by atoms with Crippen molar-refractivity contribution in [2.45, 2.75) is 65.0 Å². The third-order valence-corrected chi connectivity index (χ3v) is 7.25. The first-order chi connectivity index (χ1) is 17.0. The van der Waals surface area contributed by atoms with Crippen molar-refractivity contribution >= 4 is 22.8 Å². The summed E-state index contributed by atoms with van der Waals surface area (Å²) in [7, 11) is 0. The SMILES string of the molecule is CCc1cccc(CCN2Cc3c(c4c(N)ncnc4n3C(C)C)-c3noc(C4CC4)c3C2=O)c1. The topological polar surface area (TPSA) is 103 Å². The first kappa shape index (κ1) is 21.8.